The second-order valence-corrected chi connectivity index (χ2v) is 1.38. The number of nitro groups is 1. The SMILES string of the molecule is CC(C)[N+](=O)[O-].[Na+]. The largest absolute Gasteiger partial charge is 1.00 e. The van der Waals surface area contributed by atoms with Crippen molar-refractivity contribution < 1.29 is 34.5 Å². The van der Waals surface area contributed by atoms with Gasteiger partial charge in [-0.3, -0.25) is 10.1 Å². The molecule has 0 heterocycles. The number of rotatable bonds is 1. The molecular weight excluding hydrogens is 105 g/mol. The third-order valence-corrected chi connectivity index (χ3v) is 0.422. The Morgan fingerprint density at radius 1 is 1.57 bits per heavy atom. The van der Waals surface area contributed by atoms with Gasteiger partial charge in [0.25, 0.3) is 0 Å². The standard InChI is InChI=1S/C3H7NO2.Na/c1-3(2)4(5)6;/h3H,1-2H3;/q;+1. The summed E-state index contributed by atoms with van der Waals surface area (Å²) in [4.78, 5) is 9.17. The van der Waals surface area contributed by atoms with E-state index in [9.17, 15) is 10.1 Å². The molecule has 0 amide bonds. The fourth-order valence-electron chi connectivity index (χ4n) is 0. The van der Waals surface area contributed by atoms with E-state index in [4.69, 9.17) is 0 Å². The fraction of sp³-hybridized carbons (Fsp3) is 1.00. The van der Waals surface area contributed by atoms with Crippen LogP contribution in [0.1, 0.15) is 13.8 Å². The summed E-state index contributed by atoms with van der Waals surface area (Å²) in [6.07, 6.45) is 0. The molecule has 0 bridgehead atoms. The average molecular weight is 112 g/mol. The molecule has 0 aliphatic carbocycles. The maximum atomic E-state index is 9.50. The molecule has 0 aliphatic heterocycles. The normalized spacial score (nSPS) is 7.86. The van der Waals surface area contributed by atoms with E-state index in [0.29, 0.717) is 0 Å². The number of hydrogen-bond acceptors (Lipinski definition) is 2. The Hall–Kier alpha value is 0.400. The Morgan fingerprint density at radius 2 is 1.71 bits per heavy atom. The van der Waals surface area contributed by atoms with E-state index < -0.39 is 6.04 Å². The van der Waals surface area contributed by atoms with Crippen LogP contribution in [-0.2, 0) is 0 Å². The topological polar surface area (TPSA) is 43.1 Å². The minimum atomic E-state index is -0.426. The van der Waals surface area contributed by atoms with E-state index in [1.165, 1.54) is 0 Å². The zero-order valence-corrected chi connectivity index (χ0v) is 6.84. The van der Waals surface area contributed by atoms with Crippen molar-refractivity contribution in [1.82, 2.24) is 0 Å². The van der Waals surface area contributed by atoms with Gasteiger partial charge in [-0.2, -0.15) is 0 Å². The molecule has 0 rings (SSSR count). The van der Waals surface area contributed by atoms with Gasteiger partial charge >= 0.3 is 29.6 Å². The van der Waals surface area contributed by atoms with Gasteiger partial charge in [-0.05, 0) is 0 Å². The Labute approximate surface area is 64.5 Å². The molecule has 0 atom stereocenters. The minimum absolute atomic E-state index is 0. The fourth-order valence-corrected chi connectivity index (χ4v) is 0. The molecule has 0 spiro atoms. The van der Waals surface area contributed by atoms with Crippen LogP contribution in [0.2, 0.25) is 0 Å². The quantitative estimate of drug-likeness (QED) is 0.217. The predicted molar refractivity (Wildman–Crippen MR) is 22.1 cm³/mol. The van der Waals surface area contributed by atoms with Gasteiger partial charge in [-0.15, -0.1) is 0 Å². The summed E-state index contributed by atoms with van der Waals surface area (Å²) in [6.45, 7) is 3.08. The van der Waals surface area contributed by atoms with Gasteiger partial charge < -0.3 is 0 Å². The second kappa shape index (κ2) is 4.56. The summed E-state index contributed by atoms with van der Waals surface area (Å²) in [6, 6.07) is -0.426. The van der Waals surface area contributed by atoms with Crippen molar-refractivity contribution in [1.29, 1.82) is 0 Å². The first-order valence-corrected chi connectivity index (χ1v) is 1.78. The number of hydrogen-bond donors (Lipinski definition) is 0. The van der Waals surface area contributed by atoms with Crippen LogP contribution in [0.15, 0.2) is 0 Å². The van der Waals surface area contributed by atoms with Crippen LogP contribution in [0.3, 0.4) is 0 Å². The first-order chi connectivity index (χ1) is 2.64. The van der Waals surface area contributed by atoms with Gasteiger partial charge in [-0.1, -0.05) is 0 Å². The summed E-state index contributed by atoms with van der Waals surface area (Å²) in [5, 5.41) is 9.50. The van der Waals surface area contributed by atoms with E-state index in [1.807, 2.05) is 0 Å². The van der Waals surface area contributed by atoms with Crippen molar-refractivity contribution in [2.75, 3.05) is 0 Å². The molecule has 3 nitrogen and oxygen atoms in total. The van der Waals surface area contributed by atoms with Crippen LogP contribution in [0.4, 0.5) is 0 Å². The molecule has 0 radical (unpaired) electrons. The van der Waals surface area contributed by atoms with Gasteiger partial charge in [0.2, 0.25) is 6.04 Å². The Kier molecular flexibility index (Phi) is 6.77. The summed E-state index contributed by atoms with van der Waals surface area (Å²) in [5.74, 6) is 0. The molecule has 0 aromatic heterocycles. The molecule has 0 aliphatic rings. The van der Waals surface area contributed by atoms with E-state index in [1.54, 1.807) is 13.8 Å². The van der Waals surface area contributed by atoms with Crippen molar-refractivity contribution in [3.63, 3.8) is 0 Å². The molecule has 36 valence electrons. The maximum absolute atomic E-state index is 9.50. The van der Waals surface area contributed by atoms with Crippen LogP contribution >= 0.6 is 0 Å². The van der Waals surface area contributed by atoms with Gasteiger partial charge in [0.05, 0.1) is 0 Å². The summed E-state index contributed by atoms with van der Waals surface area (Å²) < 4.78 is 0. The molecule has 0 aromatic rings. The van der Waals surface area contributed by atoms with E-state index in [2.05, 4.69) is 0 Å². The average Bonchev–Trinajstić information content (AvgIpc) is 1.36. The molecule has 0 saturated carbocycles. The first-order valence-electron chi connectivity index (χ1n) is 1.78. The van der Waals surface area contributed by atoms with Gasteiger partial charge in [0.15, 0.2) is 0 Å². The Balaban J connectivity index is 0. The number of nitrogens with zero attached hydrogens (tertiary/aromatic N) is 1. The third-order valence-electron chi connectivity index (χ3n) is 0.422. The maximum Gasteiger partial charge on any atom is 1.00 e. The van der Waals surface area contributed by atoms with Gasteiger partial charge in [0, 0.05) is 18.8 Å². The van der Waals surface area contributed by atoms with Crippen LogP contribution in [0.5, 0.6) is 0 Å². The molecule has 0 aromatic carbocycles. The summed E-state index contributed by atoms with van der Waals surface area (Å²) in [5.41, 5.74) is 0. The first kappa shape index (κ1) is 10.4. The molecule has 7 heavy (non-hydrogen) atoms. The summed E-state index contributed by atoms with van der Waals surface area (Å²) in [7, 11) is 0. The monoisotopic (exact) mass is 112 g/mol. The Bertz CT molecular complexity index is 64.0. The van der Waals surface area contributed by atoms with E-state index in [0.717, 1.165) is 0 Å². The molecule has 0 unspecified atom stereocenters. The smallest absolute Gasteiger partial charge is 0.264 e. The van der Waals surface area contributed by atoms with Gasteiger partial charge in [-0.25, -0.2) is 0 Å². The molecule has 0 N–H and O–H groups in total. The minimum Gasteiger partial charge on any atom is -0.264 e. The zero-order chi connectivity index (χ0) is 5.15. The van der Waals surface area contributed by atoms with Crippen LogP contribution < -0.4 is 29.6 Å². The molecular formula is C3H7NNaO2+. The second-order valence-electron chi connectivity index (χ2n) is 1.38. The van der Waals surface area contributed by atoms with Crippen molar-refractivity contribution in [2.45, 2.75) is 19.9 Å². The molecule has 4 heteroatoms. The molecule has 0 fully saturated rings. The predicted octanol–water partition coefficient (Wildman–Crippen LogP) is -2.32. The van der Waals surface area contributed by atoms with Crippen LogP contribution in [0.25, 0.3) is 0 Å². The van der Waals surface area contributed by atoms with Gasteiger partial charge in [0.1, 0.15) is 0 Å². The summed E-state index contributed by atoms with van der Waals surface area (Å²) >= 11 is 0. The van der Waals surface area contributed by atoms with Crippen molar-refractivity contribution >= 4 is 0 Å². The molecule has 0 saturated heterocycles. The van der Waals surface area contributed by atoms with Crippen molar-refractivity contribution in [3.8, 4) is 0 Å². The van der Waals surface area contributed by atoms with Crippen molar-refractivity contribution in [3.05, 3.63) is 10.1 Å². The van der Waals surface area contributed by atoms with Crippen molar-refractivity contribution in [2.24, 2.45) is 0 Å². The van der Waals surface area contributed by atoms with E-state index >= 15 is 0 Å². The van der Waals surface area contributed by atoms with Crippen LogP contribution in [0, 0.1) is 10.1 Å². The van der Waals surface area contributed by atoms with E-state index in [-0.39, 0.29) is 34.5 Å². The third kappa shape index (κ3) is 6.40. The van der Waals surface area contributed by atoms with Crippen LogP contribution in [-0.4, -0.2) is 11.0 Å². The Morgan fingerprint density at radius 3 is 1.71 bits per heavy atom. The zero-order valence-electron chi connectivity index (χ0n) is 4.84.